The average Bonchev–Trinajstić information content (AvgIpc) is 3.26. The predicted octanol–water partition coefficient (Wildman–Crippen LogP) is 1.60. The van der Waals surface area contributed by atoms with Gasteiger partial charge >= 0.3 is 11.8 Å². The minimum Gasteiger partial charge on any atom is -0.352 e. The minimum absolute atomic E-state index is 0.0208. The molecule has 0 unspecified atom stereocenters. The molecule has 3 rings (SSSR count). The van der Waals surface area contributed by atoms with Crippen molar-refractivity contribution in [2.45, 2.75) is 44.7 Å². The first kappa shape index (κ1) is 16.2. The molecule has 1 saturated carbocycles. The van der Waals surface area contributed by atoms with Crippen LogP contribution in [-0.4, -0.2) is 28.0 Å². The third-order valence-corrected chi connectivity index (χ3v) is 4.00. The Labute approximate surface area is 139 Å². The van der Waals surface area contributed by atoms with E-state index in [1.165, 1.54) is 0 Å². The van der Waals surface area contributed by atoms with Crippen LogP contribution >= 0.6 is 0 Å². The number of amides is 2. The van der Waals surface area contributed by atoms with Crippen LogP contribution in [-0.2, 0) is 17.8 Å². The van der Waals surface area contributed by atoms with Crippen molar-refractivity contribution in [1.29, 1.82) is 0 Å². The summed E-state index contributed by atoms with van der Waals surface area (Å²) in [6, 6.07) is 9.79. The monoisotopic (exact) mass is 328 g/mol. The van der Waals surface area contributed by atoms with E-state index in [4.69, 9.17) is 4.52 Å². The lowest BCUT2D eigenvalue weighted by Crippen LogP contribution is -2.32. The first-order valence-corrected chi connectivity index (χ1v) is 8.15. The Bertz CT molecular complexity index is 693. The van der Waals surface area contributed by atoms with E-state index in [1.807, 2.05) is 30.3 Å². The molecule has 0 atom stereocenters. The van der Waals surface area contributed by atoms with Crippen LogP contribution in [0.25, 0.3) is 0 Å². The van der Waals surface area contributed by atoms with Crippen molar-refractivity contribution in [1.82, 2.24) is 20.8 Å². The molecule has 7 heteroatoms. The van der Waals surface area contributed by atoms with Crippen molar-refractivity contribution >= 4 is 11.8 Å². The number of nitrogens with one attached hydrogen (secondary N) is 2. The van der Waals surface area contributed by atoms with Crippen LogP contribution < -0.4 is 10.6 Å². The number of carbonyl (C=O) groups is 2. The van der Waals surface area contributed by atoms with Gasteiger partial charge < -0.3 is 15.2 Å². The third-order valence-electron chi connectivity index (χ3n) is 4.00. The van der Waals surface area contributed by atoms with Crippen LogP contribution in [0.15, 0.2) is 34.9 Å². The van der Waals surface area contributed by atoms with E-state index in [-0.39, 0.29) is 36.0 Å². The smallest absolute Gasteiger partial charge is 0.315 e. The molecular formula is C17H20N4O3. The second-order valence-corrected chi connectivity index (χ2v) is 5.91. The van der Waals surface area contributed by atoms with Crippen molar-refractivity contribution in [2.24, 2.45) is 0 Å². The summed E-state index contributed by atoms with van der Waals surface area (Å²) in [6.07, 6.45) is 4.19. The molecule has 1 aromatic heterocycles. The molecule has 1 aromatic carbocycles. The summed E-state index contributed by atoms with van der Waals surface area (Å²) in [5, 5.41) is 9.36. The van der Waals surface area contributed by atoms with Gasteiger partial charge in [0.1, 0.15) is 0 Å². The van der Waals surface area contributed by atoms with Gasteiger partial charge in [-0.3, -0.25) is 9.59 Å². The fourth-order valence-electron chi connectivity index (χ4n) is 2.74. The Hall–Kier alpha value is -2.70. The lowest BCUT2D eigenvalue weighted by Gasteiger charge is -2.08. The standard InChI is InChI=1S/C17H20N4O3/c22-15(18-11-12-6-2-1-3-7-12)10-14-20-17(24-21-14)16(23)19-13-8-4-5-9-13/h1-3,6-7,13H,4-5,8-11H2,(H,18,22)(H,19,23). The van der Waals surface area contributed by atoms with Crippen LogP contribution in [0.3, 0.4) is 0 Å². The van der Waals surface area contributed by atoms with Gasteiger partial charge in [-0.2, -0.15) is 4.98 Å². The lowest BCUT2D eigenvalue weighted by molar-refractivity contribution is -0.120. The number of rotatable bonds is 6. The fraction of sp³-hybridized carbons (Fsp3) is 0.412. The van der Waals surface area contributed by atoms with E-state index < -0.39 is 0 Å². The Kier molecular flexibility index (Phi) is 5.20. The van der Waals surface area contributed by atoms with Gasteiger partial charge in [0.15, 0.2) is 5.82 Å². The van der Waals surface area contributed by atoms with Crippen LogP contribution in [0.5, 0.6) is 0 Å². The van der Waals surface area contributed by atoms with Crippen molar-refractivity contribution in [3.05, 3.63) is 47.6 Å². The molecule has 0 saturated heterocycles. The zero-order valence-electron chi connectivity index (χ0n) is 13.3. The molecule has 2 amide bonds. The summed E-state index contributed by atoms with van der Waals surface area (Å²) in [4.78, 5) is 27.9. The number of benzene rings is 1. The maximum absolute atomic E-state index is 12.0. The molecule has 0 bridgehead atoms. The molecule has 24 heavy (non-hydrogen) atoms. The van der Waals surface area contributed by atoms with Gasteiger partial charge in [0, 0.05) is 12.6 Å². The zero-order valence-corrected chi connectivity index (χ0v) is 13.3. The number of hydrogen-bond donors (Lipinski definition) is 2. The van der Waals surface area contributed by atoms with Gasteiger partial charge in [-0.15, -0.1) is 0 Å². The first-order valence-electron chi connectivity index (χ1n) is 8.15. The summed E-state index contributed by atoms with van der Waals surface area (Å²) >= 11 is 0. The van der Waals surface area contributed by atoms with Gasteiger partial charge in [0.2, 0.25) is 5.91 Å². The second kappa shape index (κ2) is 7.72. The first-order chi connectivity index (χ1) is 11.7. The normalized spacial score (nSPS) is 14.5. The average molecular weight is 328 g/mol. The quantitative estimate of drug-likeness (QED) is 0.839. The van der Waals surface area contributed by atoms with E-state index in [0.29, 0.717) is 6.54 Å². The number of nitrogens with zero attached hydrogens (tertiary/aromatic N) is 2. The molecule has 0 spiro atoms. The summed E-state index contributed by atoms with van der Waals surface area (Å²) in [5.41, 5.74) is 1.01. The number of carbonyl (C=O) groups excluding carboxylic acids is 2. The maximum Gasteiger partial charge on any atom is 0.315 e. The molecular weight excluding hydrogens is 308 g/mol. The molecule has 7 nitrogen and oxygen atoms in total. The number of hydrogen-bond acceptors (Lipinski definition) is 5. The van der Waals surface area contributed by atoms with Crippen LogP contribution in [0.1, 0.15) is 47.8 Å². The summed E-state index contributed by atoms with van der Waals surface area (Å²) in [5.74, 6) is -0.474. The predicted molar refractivity (Wildman–Crippen MR) is 86.0 cm³/mol. The largest absolute Gasteiger partial charge is 0.352 e. The maximum atomic E-state index is 12.0. The van der Waals surface area contributed by atoms with E-state index in [1.54, 1.807) is 0 Å². The Morgan fingerprint density at radius 1 is 1.17 bits per heavy atom. The fourth-order valence-corrected chi connectivity index (χ4v) is 2.74. The lowest BCUT2D eigenvalue weighted by atomic mass is 10.2. The van der Waals surface area contributed by atoms with Gasteiger partial charge in [-0.1, -0.05) is 48.3 Å². The summed E-state index contributed by atoms with van der Waals surface area (Å²) < 4.78 is 4.95. The molecule has 0 aliphatic heterocycles. The molecule has 1 aliphatic carbocycles. The summed E-state index contributed by atoms with van der Waals surface area (Å²) in [7, 11) is 0. The van der Waals surface area contributed by atoms with Crippen LogP contribution in [0, 0.1) is 0 Å². The van der Waals surface area contributed by atoms with E-state index in [2.05, 4.69) is 20.8 Å². The Morgan fingerprint density at radius 3 is 2.67 bits per heavy atom. The van der Waals surface area contributed by atoms with Gasteiger partial charge in [0.25, 0.3) is 0 Å². The highest BCUT2D eigenvalue weighted by Crippen LogP contribution is 2.17. The van der Waals surface area contributed by atoms with E-state index in [9.17, 15) is 9.59 Å². The van der Waals surface area contributed by atoms with Crippen molar-refractivity contribution in [3.8, 4) is 0 Å². The number of aromatic nitrogens is 2. The molecule has 126 valence electrons. The topological polar surface area (TPSA) is 97.1 Å². The molecule has 1 fully saturated rings. The molecule has 1 heterocycles. The highest BCUT2D eigenvalue weighted by molar-refractivity contribution is 5.89. The van der Waals surface area contributed by atoms with Crippen LogP contribution in [0.2, 0.25) is 0 Å². The van der Waals surface area contributed by atoms with Crippen LogP contribution in [0.4, 0.5) is 0 Å². The van der Waals surface area contributed by atoms with Crippen molar-refractivity contribution < 1.29 is 14.1 Å². The second-order valence-electron chi connectivity index (χ2n) is 5.91. The molecule has 2 aromatic rings. The van der Waals surface area contributed by atoms with E-state index >= 15 is 0 Å². The Balaban J connectivity index is 1.48. The minimum atomic E-state index is -0.370. The SMILES string of the molecule is O=C(Cc1noc(C(=O)NC2CCCC2)n1)NCc1ccccc1. The zero-order chi connectivity index (χ0) is 16.8. The summed E-state index contributed by atoms with van der Waals surface area (Å²) in [6.45, 7) is 0.437. The molecule has 2 N–H and O–H groups in total. The van der Waals surface area contributed by atoms with Crippen molar-refractivity contribution in [2.75, 3.05) is 0 Å². The Morgan fingerprint density at radius 2 is 1.92 bits per heavy atom. The third kappa shape index (κ3) is 4.41. The molecule has 0 radical (unpaired) electrons. The van der Waals surface area contributed by atoms with Gasteiger partial charge in [-0.05, 0) is 18.4 Å². The van der Waals surface area contributed by atoms with Gasteiger partial charge in [-0.25, -0.2) is 0 Å². The molecule has 1 aliphatic rings. The highest BCUT2D eigenvalue weighted by Gasteiger charge is 2.22. The highest BCUT2D eigenvalue weighted by atomic mass is 16.5. The van der Waals surface area contributed by atoms with Gasteiger partial charge in [0.05, 0.1) is 6.42 Å². The van der Waals surface area contributed by atoms with E-state index in [0.717, 1.165) is 31.2 Å². The van der Waals surface area contributed by atoms with Crippen molar-refractivity contribution in [3.63, 3.8) is 0 Å².